The predicted molar refractivity (Wildman–Crippen MR) is 58.0 cm³/mol. The van der Waals surface area contributed by atoms with Gasteiger partial charge in [-0.3, -0.25) is 4.79 Å². The maximum atomic E-state index is 11.2. The van der Waals surface area contributed by atoms with Crippen molar-refractivity contribution in [2.45, 2.75) is 19.4 Å². The zero-order chi connectivity index (χ0) is 12.1. The predicted octanol–water partition coefficient (Wildman–Crippen LogP) is 1.05. The van der Waals surface area contributed by atoms with Crippen molar-refractivity contribution in [2.24, 2.45) is 5.73 Å². The van der Waals surface area contributed by atoms with Crippen LogP contribution in [0.25, 0.3) is 0 Å². The highest BCUT2D eigenvalue weighted by Gasteiger charge is 2.13. The van der Waals surface area contributed by atoms with Crippen LogP contribution in [-0.4, -0.2) is 22.8 Å². The highest BCUT2D eigenvalue weighted by atomic mass is 16.5. The van der Waals surface area contributed by atoms with E-state index >= 15 is 0 Å². The van der Waals surface area contributed by atoms with Crippen LogP contribution in [0.1, 0.15) is 24.9 Å². The maximum absolute atomic E-state index is 11.2. The van der Waals surface area contributed by atoms with Gasteiger partial charge >= 0.3 is 5.97 Å². The van der Waals surface area contributed by atoms with Crippen LogP contribution in [0.5, 0.6) is 11.5 Å². The molecule has 0 saturated heterocycles. The van der Waals surface area contributed by atoms with E-state index < -0.39 is 12.0 Å². The van der Waals surface area contributed by atoms with Crippen LogP contribution in [0.4, 0.5) is 0 Å². The molecule has 0 saturated carbocycles. The first kappa shape index (κ1) is 12.3. The van der Waals surface area contributed by atoms with E-state index in [2.05, 4.69) is 0 Å². The lowest BCUT2D eigenvalue weighted by Crippen LogP contribution is -2.17. The Morgan fingerprint density at radius 2 is 1.94 bits per heavy atom. The second-order valence-electron chi connectivity index (χ2n) is 3.40. The molecule has 0 fully saturated rings. The Morgan fingerprint density at radius 3 is 2.44 bits per heavy atom. The molecule has 1 aromatic carbocycles. The number of carbonyl (C=O) groups excluding carboxylic acids is 1. The van der Waals surface area contributed by atoms with Gasteiger partial charge in [-0.1, -0.05) is 0 Å². The molecule has 0 spiro atoms. The molecular formula is C11H15NO4. The molecule has 0 amide bonds. The van der Waals surface area contributed by atoms with Crippen molar-refractivity contribution in [1.29, 1.82) is 0 Å². The zero-order valence-corrected chi connectivity index (χ0v) is 9.01. The summed E-state index contributed by atoms with van der Waals surface area (Å²) in [6, 6.07) is 3.41. The van der Waals surface area contributed by atoms with E-state index in [1.54, 1.807) is 6.92 Å². The first-order valence-electron chi connectivity index (χ1n) is 4.97. The van der Waals surface area contributed by atoms with Gasteiger partial charge in [0.2, 0.25) is 0 Å². The summed E-state index contributed by atoms with van der Waals surface area (Å²) >= 11 is 0. The van der Waals surface area contributed by atoms with Crippen molar-refractivity contribution in [1.82, 2.24) is 0 Å². The Bertz CT molecular complexity index is 358. The van der Waals surface area contributed by atoms with Gasteiger partial charge < -0.3 is 20.7 Å². The third-order valence-corrected chi connectivity index (χ3v) is 2.04. The normalized spacial score (nSPS) is 12.1. The second kappa shape index (κ2) is 5.37. The number of hydrogen-bond acceptors (Lipinski definition) is 5. The van der Waals surface area contributed by atoms with Crippen LogP contribution in [0.3, 0.4) is 0 Å². The minimum atomic E-state index is -0.600. The van der Waals surface area contributed by atoms with Gasteiger partial charge in [-0.05, 0) is 24.6 Å². The lowest BCUT2D eigenvalue weighted by Gasteiger charge is -2.11. The third kappa shape index (κ3) is 3.43. The Labute approximate surface area is 93.5 Å². The lowest BCUT2D eigenvalue weighted by atomic mass is 10.0. The van der Waals surface area contributed by atoms with Gasteiger partial charge in [-0.2, -0.15) is 0 Å². The quantitative estimate of drug-likeness (QED) is 0.666. The van der Waals surface area contributed by atoms with Gasteiger partial charge in [0.05, 0.1) is 13.0 Å². The molecule has 0 heterocycles. The molecular weight excluding hydrogens is 210 g/mol. The summed E-state index contributed by atoms with van der Waals surface area (Å²) in [5.74, 6) is -0.582. The molecule has 0 radical (unpaired) electrons. The molecule has 0 bridgehead atoms. The Hall–Kier alpha value is -1.75. The fourth-order valence-electron chi connectivity index (χ4n) is 1.35. The van der Waals surface area contributed by atoms with E-state index in [0.717, 1.165) is 0 Å². The minimum Gasteiger partial charge on any atom is -0.508 e. The number of phenols is 2. The molecule has 0 unspecified atom stereocenters. The summed E-state index contributed by atoms with van der Waals surface area (Å²) in [5.41, 5.74) is 6.23. The Kier molecular flexibility index (Phi) is 4.13. The van der Waals surface area contributed by atoms with Crippen LogP contribution in [-0.2, 0) is 9.53 Å². The fraction of sp³-hybridized carbons (Fsp3) is 0.364. The number of carbonyl (C=O) groups is 1. The average Bonchev–Trinajstić information content (AvgIpc) is 2.16. The smallest absolute Gasteiger partial charge is 0.307 e. The molecule has 5 heteroatoms. The van der Waals surface area contributed by atoms with Crippen LogP contribution in [0, 0.1) is 0 Å². The summed E-state index contributed by atoms with van der Waals surface area (Å²) in [4.78, 5) is 11.2. The second-order valence-corrected chi connectivity index (χ2v) is 3.40. The first-order valence-corrected chi connectivity index (χ1v) is 4.97. The van der Waals surface area contributed by atoms with Crippen molar-refractivity contribution >= 4 is 5.97 Å². The van der Waals surface area contributed by atoms with Gasteiger partial charge in [-0.25, -0.2) is 0 Å². The van der Waals surface area contributed by atoms with Crippen molar-refractivity contribution < 1.29 is 19.7 Å². The highest BCUT2D eigenvalue weighted by molar-refractivity contribution is 5.70. The van der Waals surface area contributed by atoms with Gasteiger partial charge in [0, 0.05) is 12.1 Å². The Morgan fingerprint density at radius 1 is 1.38 bits per heavy atom. The summed E-state index contributed by atoms with van der Waals surface area (Å²) in [7, 11) is 0. The zero-order valence-electron chi connectivity index (χ0n) is 9.01. The van der Waals surface area contributed by atoms with E-state index in [-0.39, 0.29) is 17.9 Å². The molecule has 0 aliphatic carbocycles. The molecule has 16 heavy (non-hydrogen) atoms. The number of hydrogen-bond donors (Lipinski definition) is 3. The largest absolute Gasteiger partial charge is 0.508 e. The molecule has 1 atom stereocenters. The minimum absolute atomic E-state index is 0.0106. The molecule has 1 aromatic rings. The molecule has 0 aliphatic rings. The van der Waals surface area contributed by atoms with E-state index in [4.69, 9.17) is 10.5 Å². The van der Waals surface area contributed by atoms with E-state index in [1.165, 1.54) is 18.2 Å². The van der Waals surface area contributed by atoms with Crippen molar-refractivity contribution in [3.8, 4) is 11.5 Å². The standard InChI is InChI=1S/C11H15NO4/c1-2-16-11(15)6-10(12)7-3-8(13)5-9(14)4-7/h3-5,10,13-14H,2,6,12H2,1H3/t10-/m0/s1. The van der Waals surface area contributed by atoms with Gasteiger partial charge in [0.15, 0.2) is 0 Å². The summed E-state index contributed by atoms with van der Waals surface area (Å²) in [6.45, 7) is 2.01. The van der Waals surface area contributed by atoms with Gasteiger partial charge in [-0.15, -0.1) is 0 Å². The summed E-state index contributed by atoms with van der Waals surface area (Å²) in [6.07, 6.45) is 0.0106. The van der Waals surface area contributed by atoms with E-state index in [0.29, 0.717) is 12.2 Å². The highest BCUT2D eigenvalue weighted by Crippen LogP contribution is 2.25. The molecule has 1 rings (SSSR count). The number of benzene rings is 1. The number of ether oxygens (including phenoxy) is 1. The molecule has 4 N–H and O–H groups in total. The topological polar surface area (TPSA) is 92.8 Å². The van der Waals surface area contributed by atoms with E-state index in [1.807, 2.05) is 0 Å². The average molecular weight is 225 g/mol. The lowest BCUT2D eigenvalue weighted by molar-refractivity contribution is -0.143. The number of aromatic hydroxyl groups is 2. The van der Waals surface area contributed by atoms with Crippen molar-refractivity contribution in [2.75, 3.05) is 6.61 Å². The van der Waals surface area contributed by atoms with Crippen LogP contribution in [0.2, 0.25) is 0 Å². The van der Waals surface area contributed by atoms with E-state index in [9.17, 15) is 15.0 Å². The first-order chi connectivity index (χ1) is 7.52. The van der Waals surface area contributed by atoms with Gasteiger partial charge in [0.25, 0.3) is 0 Å². The molecule has 0 aliphatic heterocycles. The Balaban J connectivity index is 2.72. The maximum Gasteiger partial charge on any atom is 0.307 e. The molecule has 88 valence electrons. The van der Waals surface area contributed by atoms with Crippen molar-refractivity contribution in [3.63, 3.8) is 0 Å². The van der Waals surface area contributed by atoms with Crippen LogP contribution in [0.15, 0.2) is 18.2 Å². The summed E-state index contributed by atoms with van der Waals surface area (Å²) in [5, 5.41) is 18.5. The van der Waals surface area contributed by atoms with Crippen LogP contribution < -0.4 is 5.73 Å². The molecule has 0 aromatic heterocycles. The number of phenolic OH excluding ortho intramolecular Hbond substituents is 2. The van der Waals surface area contributed by atoms with Crippen LogP contribution >= 0.6 is 0 Å². The monoisotopic (exact) mass is 225 g/mol. The third-order valence-electron chi connectivity index (χ3n) is 2.04. The number of esters is 1. The number of rotatable bonds is 4. The summed E-state index contributed by atoms with van der Waals surface area (Å²) < 4.78 is 4.75. The fourth-order valence-corrected chi connectivity index (χ4v) is 1.35. The number of nitrogens with two attached hydrogens (primary N) is 1. The SMILES string of the molecule is CCOC(=O)C[C@H](N)c1cc(O)cc(O)c1. The molecule has 5 nitrogen and oxygen atoms in total. The van der Waals surface area contributed by atoms with Gasteiger partial charge in [0.1, 0.15) is 11.5 Å². The van der Waals surface area contributed by atoms with Crippen molar-refractivity contribution in [3.05, 3.63) is 23.8 Å².